The second-order valence-electron chi connectivity index (χ2n) is 6.00. The molecule has 0 amide bonds. The Morgan fingerprint density at radius 2 is 2.00 bits per heavy atom. The van der Waals surface area contributed by atoms with Gasteiger partial charge in [0.2, 0.25) is 0 Å². The molecule has 2 atom stereocenters. The molecule has 3 rings (SSSR count). The van der Waals surface area contributed by atoms with Gasteiger partial charge in [-0.3, -0.25) is 0 Å². The number of hydrogen-bond acceptors (Lipinski definition) is 2. The van der Waals surface area contributed by atoms with Crippen molar-refractivity contribution in [3.63, 3.8) is 0 Å². The molecule has 0 aliphatic carbocycles. The van der Waals surface area contributed by atoms with Gasteiger partial charge in [-0.05, 0) is 55.6 Å². The molecule has 1 N–H and O–H groups in total. The van der Waals surface area contributed by atoms with Gasteiger partial charge >= 0.3 is 0 Å². The maximum absolute atomic E-state index is 6.09. The Morgan fingerprint density at radius 3 is 2.70 bits per heavy atom. The number of ether oxygens (including phenoxy) is 1. The normalized spacial score (nSPS) is 24.1. The molecule has 1 saturated heterocycles. The third kappa shape index (κ3) is 2.13. The third-order valence-corrected chi connectivity index (χ3v) is 4.63. The molecule has 0 radical (unpaired) electrons. The molecule has 20 heavy (non-hydrogen) atoms. The fourth-order valence-electron chi connectivity index (χ4n) is 3.57. The van der Waals surface area contributed by atoms with Crippen LogP contribution in [-0.2, 0) is 4.74 Å². The standard InChI is InChI=1S/C18H23NO/c1-13-9-10-14-7-4-5-8-15(14)16(13)17(19-3)18(2)11-6-12-20-18/h4-5,7-10,17,19H,6,11-12H2,1-3H3. The molecule has 2 aromatic carbocycles. The Morgan fingerprint density at radius 1 is 1.20 bits per heavy atom. The zero-order valence-corrected chi connectivity index (χ0v) is 12.6. The third-order valence-electron chi connectivity index (χ3n) is 4.63. The van der Waals surface area contributed by atoms with Gasteiger partial charge < -0.3 is 10.1 Å². The lowest BCUT2D eigenvalue weighted by molar-refractivity contribution is -0.0102. The van der Waals surface area contributed by atoms with Crippen molar-refractivity contribution in [3.05, 3.63) is 47.5 Å². The first-order valence-corrected chi connectivity index (χ1v) is 7.45. The predicted molar refractivity (Wildman–Crippen MR) is 84.1 cm³/mol. The molecule has 1 aliphatic rings. The minimum atomic E-state index is -0.108. The summed E-state index contributed by atoms with van der Waals surface area (Å²) in [6, 6.07) is 13.3. The molecule has 0 bridgehead atoms. The summed E-state index contributed by atoms with van der Waals surface area (Å²) in [4.78, 5) is 0. The van der Waals surface area contributed by atoms with E-state index in [4.69, 9.17) is 4.74 Å². The fourth-order valence-corrected chi connectivity index (χ4v) is 3.57. The summed E-state index contributed by atoms with van der Waals surface area (Å²) in [5.41, 5.74) is 2.61. The highest BCUT2D eigenvalue weighted by atomic mass is 16.5. The van der Waals surface area contributed by atoms with E-state index >= 15 is 0 Å². The lowest BCUT2D eigenvalue weighted by Crippen LogP contribution is -2.40. The average Bonchev–Trinajstić information content (AvgIpc) is 2.90. The molecule has 2 aromatic rings. The van der Waals surface area contributed by atoms with Gasteiger partial charge in [-0.2, -0.15) is 0 Å². The molecule has 2 heteroatoms. The van der Waals surface area contributed by atoms with Gasteiger partial charge in [0.25, 0.3) is 0 Å². The smallest absolute Gasteiger partial charge is 0.0849 e. The Labute approximate surface area is 121 Å². The SMILES string of the molecule is CNC(c1c(C)ccc2ccccc12)C1(C)CCCO1. The van der Waals surface area contributed by atoms with Crippen LogP contribution in [0.5, 0.6) is 0 Å². The number of fused-ring (bicyclic) bond motifs is 1. The van der Waals surface area contributed by atoms with E-state index in [0.29, 0.717) is 0 Å². The Hall–Kier alpha value is -1.38. The lowest BCUT2D eigenvalue weighted by Gasteiger charge is -2.35. The number of aryl methyl sites for hydroxylation is 1. The second-order valence-corrected chi connectivity index (χ2v) is 6.00. The van der Waals surface area contributed by atoms with Crippen molar-refractivity contribution in [1.82, 2.24) is 5.32 Å². The van der Waals surface area contributed by atoms with Crippen molar-refractivity contribution >= 4 is 10.8 Å². The van der Waals surface area contributed by atoms with Gasteiger partial charge in [-0.25, -0.2) is 0 Å². The molecule has 2 nitrogen and oxygen atoms in total. The highest BCUT2D eigenvalue weighted by Gasteiger charge is 2.39. The molecule has 1 heterocycles. The first kappa shape index (κ1) is 13.6. The Kier molecular flexibility index (Phi) is 3.53. The summed E-state index contributed by atoms with van der Waals surface area (Å²) < 4.78 is 6.09. The van der Waals surface area contributed by atoms with E-state index < -0.39 is 0 Å². The van der Waals surface area contributed by atoms with Gasteiger partial charge in [0.15, 0.2) is 0 Å². The molecule has 106 valence electrons. The lowest BCUT2D eigenvalue weighted by atomic mass is 9.83. The monoisotopic (exact) mass is 269 g/mol. The number of nitrogens with one attached hydrogen (secondary N) is 1. The largest absolute Gasteiger partial charge is 0.373 e. The van der Waals surface area contributed by atoms with Crippen LogP contribution in [0.2, 0.25) is 0 Å². The fraction of sp³-hybridized carbons (Fsp3) is 0.444. The minimum absolute atomic E-state index is 0.108. The molecule has 0 spiro atoms. The highest BCUT2D eigenvalue weighted by Crippen LogP contribution is 2.40. The molecule has 2 unspecified atom stereocenters. The Balaban J connectivity index is 2.18. The summed E-state index contributed by atoms with van der Waals surface area (Å²) in [5, 5.41) is 6.15. The number of rotatable bonds is 3. The predicted octanol–water partition coefficient (Wildman–Crippen LogP) is 3.98. The van der Waals surface area contributed by atoms with Crippen LogP contribution in [0.1, 0.15) is 36.9 Å². The molecular weight excluding hydrogens is 246 g/mol. The Bertz CT molecular complexity index is 614. The van der Waals surface area contributed by atoms with Crippen molar-refractivity contribution in [1.29, 1.82) is 0 Å². The van der Waals surface area contributed by atoms with E-state index in [9.17, 15) is 0 Å². The summed E-state index contributed by atoms with van der Waals surface area (Å²) in [5.74, 6) is 0. The van der Waals surface area contributed by atoms with Crippen LogP contribution < -0.4 is 5.32 Å². The maximum Gasteiger partial charge on any atom is 0.0849 e. The zero-order chi connectivity index (χ0) is 14.2. The molecule has 1 fully saturated rings. The first-order valence-electron chi connectivity index (χ1n) is 7.45. The van der Waals surface area contributed by atoms with Gasteiger partial charge in [0.05, 0.1) is 11.6 Å². The van der Waals surface area contributed by atoms with Crippen molar-refractivity contribution in [2.45, 2.75) is 38.3 Å². The van der Waals surface area contributed by atoms with Crippen molar-refractivity contribution in [2.24, 2.45) is 0 Å². The quantitative estimate of drug-likeness (QED) is 0.910. The van der Waals surface area contributed by atoms with Gasteiger partial charge in [-0.15, -0.1) is 0 Å². The minimum Gasteiger partial charge on any atom is -0.373 e. The van der Waals surface area contributed by atoms with E-state index in [0.717, 1.165) is 19.4 Å². The average molecular weight is 269 g/mol. The number of hydrogen-bond donors (Lipinski definition) is 1. The highest BCUT2D eigenvalue weighted by molar-refractivity contribution is 5.87. The topological polar surface area (TPSA) is 21.3 Å². The van der Waals surface area contributed by atoms with Crippen LogP contribution in [0, 0.1) is 6.92 Å². The summed E-state index contributed by atoms with van der Waals surface area (Å²) >= 11 is 0. The number of benzene rings is 2. The van der Waals surface area contributed by atoms with Crippen LogP contribution in [0.4, 0.5) is 0 Å². The van der Waals surface area contributed by atoms with Gasteiger partial charge in [-0.1, -0.05) is 36.4 Å². The summed E-state index contributed by atoms with van der Waals surface area (Å²) in [6.45, 7) is 5.31. The second kappa shape index (κ2) is 5.19. The van der Waals surface area contributed by atoms with Crippen molar-refractivity contribution in [3.8, 4) is 0 Å². The van der Waals surface area contributed by atoms with E-state index in [1.165, 1.54) is 21.9 Å². The van der Waals surface area contributed by atoms with Crippen LogP contribution in [0.15, 0.2) is 36.4 Å². The maximum atomic E-state index is 6.09. The van der Waals surface area contributed by atoms with Crippen LogP contribution >= 0.6 is 0 Å². The molecule has 0 saturated carbocycles. The van der Waals surface area contributed by atoms with Crippen molar-refractivity contribution in [2.75, 3.05) is 13.7 Å². The van der Waals surface area contributed by atoms with E-state index in [1.807, 2.05) is 7.05 Å². The molecular formula is C18H23NO. The van der Waals surface area contributed by atoms with Gasteiger partial charge in [0, 0.05) is 6.61 Å². The van der Waals surface area contributed by atoms with E-state index in [2.05, 4.69) is 55.6 Å². The molecule has 0 aromatic heterocycles. The van der Waals surface area contributed by atoms with E-state index in [-0.39, 0.29) is 11.6 Å². The van der Waals surface area contributed by atoms with Crippen LogP contribution in [-0.4, -0.2) is 19.3 Å². The van der Waals surface area contributed by atoms with Crippen LogP contribution in [0.3, 0.4) is 0 Å². The summed E-state index contributed by atoms with van der Waals surface area (Å²) in [7, 11) is 2.04. The van der Waals surface area contributed by atoms with Gasteiger partial charge in [0.1, 0.15) is 0 Å². The zero-order valence-electron chi connectivity index (χ0n) is 12.6. The number of likely N-dealkylation sites (N-methyl/N-ethyl adjacent to an activating group) is 1. The van der Waals surface area contributed by atoms with Crippen LogP contribution in [0.25, 0.3) is 10.8 Å². The summed E-state index contributed by atoms with van der Waals surface area (Å²) in [6.07, 6.45) is 2.26. The first-order chi connectivity index (χ1) is 9.65. The van der Waals surface area contributed by atoms with Crippen molar-refractivity contribution < 1.29 is 4.74 Å². The van der Waals surface area contributed by atoms with E-state index in [1.54, 1.807) is 0 Å². The molecule has 1 aliphatic heterocycles.